The van der Waals surface area contributed by atoms with Gasteiger partial charge in [0.1, 0.15) is 17.5 Å². The minimum atomic E-state index is -0.465. The lowest BCUT2D eigenvalue weighted by atomic mass is 9.92. The van der Waals surface area contributed by atoms with Crippen LogP contribution in [0.2, 0.25) is 5.02 Å². The van der Waals surface area contributed by atoms with Crippen molar-refractivity contribution in [1.82, 2.24) is 19.4 Å². The molecule has 0 bridgehead atoms. The number of nitrogen functional groups attached to an aromatic ring is 1. The highest BCUT2D eigenvalue weighted by atomic mass is 35.5. The number of anilines is 1. The van der Waals surface area contributed by atoms with Gasteiger partial charge >= 0.3 is 11.8 Å². The van der Waals surface area contributed by atoms with Gasteiger partial charge in [0.05, 0.1) is 12.8 Å². The number of hydrogen-bond acceptors (Lipinski definition) is 6. The predicted molar refractivity (Wildman–Crippen MR) is 156 cm³/mol. The molecule has 0 fully saturated rings. The topological polar surface area (TPSA) is 139 Å². The number of carbonyl (C=O) groups excluding carboxylic acids is 1. The Labute approximate surface area is 239 Å². The molecule has 41 heavy (non-hydrogen) atoms. The van der Waals surface area contributed by atoms with Crippen LogP contribution in [0.4, 0.5) is 10.5 Å². The summed E-state index contributed by atoms with van der Waals surface area (Å²) in [5.41, 5.74) is 10.3. The first-order chi connectivity index (χ1) is 19.9. The number of nitrogens with two attached hydrogens (primary N) is 1. The second kappa shape index (κ2) is 11.0. The van der Waals surface area contributed by atoms with E-state index in [-0.39, 0.29) is 11.6 Å². The first-order valence-electron chi connectivity index (χ1n) is 13.2. The van der Waals surface area contributed by atoms with Crippen LogP contribution in [0.15, 0.2) is 77.7 Å². The van der Waals surface area contributed by atoms with Gasteiger partial charge in [-0.1, -0.05) is 23.7 Å². The summed E-state index contributed by atoms with van der Waals surface area (Å²) in [6, 6.07) is 19.6. The highest BCUT2D eigenvalue weighted by Crippen LogP contribution is 2.39. The lowest BCUT2D eigenvalue weighted by Crippen LogP contribution is -2.42. The largest absolute Gasteiger partial charge is 0.494 e. The molecular formula is C30H28ClN5O5. The van der Waals surface area contributed by atoms with E-state index in [1.807, 2.05) is 42.5 Å². The second-order valence-corrected chi connectivity index (χ2v) is 10.3. The van der Waals surface area contributed by atoms with Crippen LogP contribution < -0.4 is 20.9 Å². The number of imidazole rings is 1. The maximum Gasteiger partial charge on any atom is 0.416 e. The van der Waals surface area contributed by atoms with Crippen molar-refractivity contribution in [3.8, 4) is 17.4 Å². The molecule has 3 aromatic carbocycles. The molecule has 1 atom stereocenters. The number of aromatic amines is 2. The summed E-state index contributed by atoms with van der Waals surface area (Å²) in [5.74, 6) is 0.907. The van der Waals surface area contributed by atoms with Crippen molar-refractivity contribution in [2.75, 3.05) is 18.9 Å². The zero-order valence-electron chi connectivity index (χ0n) is 22.0. The van der Waals surface area contributed by atoms with E-state index in [9.17, 15) is 14.7 Å². The highest BCUT2D eigenvalue weighted by molar-refractivity contribution is 6.30. The van der Waals surface area contributed by atoms with Crippen LogP contribution in [0.1, 0.15) is 29.3 Å². The van der Waals surface area contributed by atoms with Gasteiger partial charge in [0.25, 0.3) is 0 Å². The fraction of sp³-hybridized carbons (Fsp3) is 0.200. The van der Waals surface area contributed by atoms with Crippen LogP contribution in [0.3, 0.4) is 0 Å². The molecule has 1 aliphatic rings. The average Bonchev–Trinajstić information content (AvgIpc) is 3.49. The van der Waals surface area contributed by atoms with Gasteiger partial charge in [-0.05, 0) is 78.6 Å². The first kappa shape index (κ1) is 26.4. The number of hydrogen-bond donors (Lipinski definition) is 4. The number of aromatic hydroxyl groups is 1. The molecule has 1 amide bonds. The minimum Gasteiger partial charge on any atom is -0.494 e. The Morgan fingerprint density at radius 3 is 2.54 bits per heavy atom. The third kappa shape index (κ3) is 5.46. The van der Waals surface area contributed by atoms with E-state index in [1.165, 1.54) is 10.8 Å². The van der Waals surface area contributed by atoms with Gasteiger partial charge in [0, 0.05) is 40.4 Å². The Hall–Kier alpha value is -4.83. The SMILES string of the molecule is Nc1ccc2[nH]c3c(c2c1)CCN(C(=O)Oc1ccc(Cl)cc1)C3c1ccc(OCCCn2cc(O)[nH]c2=O)cc1. The predicted octanol–water partition coefficient (Wildman–Crippen LogP) is 5.21. The summed E-state index contributed by atoms with van der Waals surface area (Å²) < 4.78 is 13.0. The van der Waals surface area contributed by atoms with E-state index in [4.69, 9.17) is 26.8 Å². The molecule has 0 saturated heterocycles. The molecule has 3 heterocycles. The van der Waals surface area contributed by atoms with Crippen LogP contribution >= 0.6 is 11.6 Å². The normalized spacial score (nSPS) is 14.7. The quantitative estimate of drug-likeness (QED) is 0.156. The Balaban J connectivity index is 1.24. The molecule has 0 saturated carbocycles. The number of halogens is 1. The number of carbonyl (C=O) groups is 1. The Bertz CT molecular complexity index is 1760. The van der Waals surface area contributed by atoms with Gasteiger partial charge in [0.15, 0.2) is 0 Å². The standard InChI is InChI=1S/C30H28ClN5O5/c31-19-4-9-22(10-5-19)41-30(39)36-14-12-23-24-16-20(32)6-11-25(24)33-27(23)28(36)18-2-7-21(8-3-18)40-15-1-13-35-17-26(37)34-29(35)38/h2-11,16-17,28,33,37H,1,12-15,32H2,(H,34,38). The van der Waals surface area contributed by atoms with Crippen LogP contribution in [0, 0.1) is 0 Å². The van der Waals surface area contributed by atoms with E-state index < -0.39 is 12.1 Å². The van der Waals surface area contributed by atoms with Crippen molar-refractivity contribution < 1.29 is 19.4 Å². The lowest BCUT2D eigenvalue weighted by molar-refractivity contribution is 0.135. The molecule has 1 aliphatic heterocycles. The number of fused-ring (bicyclic) bond motifs is 3. The molecule has 0 aliphatic carbocycles. The van der Waals surface area contributed by atoms with Gasteiger partial charge in [-0.2, -0.15) is 0 Å². The van der Waals surface area contributed by atoms with Crippen molar-refractivity contribution >= 4 is 34.3 Å². The number of aryl methyl sites for hydroxylation is 1. The number of H-pyrrole nitrogens is 2. The third-order valence-electron chi connectivity index (χ3n) is 7.19. The van der Waals surface area contributed by atoms with E-state index in [2.05, 4.69) is 9.97 Å². The van der Waals surface area contributed by atoms with E-state index in [1.54, 1.807) is 29.2 Å². The van der Waals surface area contributed by atoms with Crippen molar-refractivity contribution in [3.05, 3.63) is 105 Å². The third-order valence-corrected chi connectivity index (χ3v) is 7.44. The Kier molecular flexibility index (Phi) is 7.07. The summed E-state index contributed by atoms with van der Waals surface area (Å²) >= 11 is 6.00. The molecular weight excluding hydrogens is 546 g/mol. The maximum absolute atomic E-state index is 13.5. The highest BCUT2D eigenvalue weighted by Gasteiger charge is 2.35. The number of aromatic nitrogens is 3. The number of nitrogens with one attached hydrogen (secondary N) is 2. The van der Waals surface area contributed by atoms with Gasteiger partial charge in [0.2, 0.25) is 5.88 Å². The number of nitrogens with zero attached hydrogens (tertiary/aromatic N) is 2. The molecule has 6 rings (SSSR count). The van der Waals surface area contributed by atoms with Gasteiger partial charge in [-0.25, -0.2) is 9.59 Å². The molecule has 0 spiro atoms. The maximum atomic E-state index is 13.5. The van der Waals surface area contributed by atoms with E-state index >= 15 is 0 Å². The number of benzene rings is 3. The monoisotopic (exact) mass is 573 g/mol. The van der Waals surface area contributed by atoms with E-state index in [0.29, 0.717) is 54.7 Å². The number of amides is 1. The summed E-state index contributed by atoms with van der Waals surface area (Å²) in [7, 11) is 0. The fourth-order valence-electron chi connectivity index (χ4n) is 5.27. The molecule has 1 unspecified atom stereocenters. The molecule has 2 aromatic heterocycles. The van der Waals surface area contributed by atoms with Crippen molar-refractivity contribution in [1.29, 1.82) is 0 Å². The summed E-state index contributed by atoms with van der Waals surface area (Å²) in [5, 5.41) is 11.0. The number of rotatable bonds is 7. The van der Waals surface area contributed by atoms with Crippen LogP contribution in [-0.2, 0) is 13.0 Å². The molecule has 5 aromatic rings. The fourth-order valence-corrected chi connectivity index (χ4v) is 5.39. The van der Waals surface area contributed by atoms with Crippen molar-refractivity contribution in [2.45, 2.75) is 25.4 Å². The van der Waals surface area contributed by atoms with Gasteiger partial charge in [-0.3, -0.25) is 14.5 Å². The Morgan fingerprint density at radius 1 is 1.05 bits per heavy atom. The minimum absolute atomic E-state index is 0.165. The Morgan fingerprint density at radius 2 is 1.80 bits per heavy atom. The average molecular weight is 574 g/mol. The first-order valence-corrected chi connectivity index (χ1v) is 13.6. The smallest absolute Gasteiger partial charge is 0.416 e. The molecule has 11 heteroatoms. The molecule has 0 radical (unpaired) electrons. The van der Waals surface area contributed by atoms with Gasteiger partial charge < -0.3 is 25.3 Å². The van der Waals surface area contributed by atoms with Crippen LogP contribution in [0.5, 0.6) is 17.4 Å². The van der Waals surface area contributed by atoms with Crippen LogP contribution in [-0.4, -0.2) is 43.8 Å². The molecule has 5 N–H and O–H groups in total. The summed E-state index contributed by atoms with van der Waals surface area (Å²) in [6.45, 7) is 1.25. The zero-order valence-corrected chi connectivity index (χ0v) is 22.7. The molecule has 210 valence electrons. The van der Waals surface area contributed by atoms with Gasteiger partial charge in [-0.15, -0.1) is 0 Å². The second-order valence-electron chi connectivity index (χ2n) is 9.90. The van der Waals surface area contributed by atoms with E-state index in [0.717, 1.165) is 27.7 Å². The van der Waals surface area contributed by atoms with Crippen molar-refractivity contribution in [2.24, 2.45) is 0 Å². The lowest BCUT2D eigenvalue weighted by Gasteiger charge is -2.35. The zero-order chi connectivity index (χ0) is 28.5. The van der Waals surface area contributed by atoms with Crippen molar-refractivity contribution in [3.63, 3.8) is 0 Å². The summed E-state index contributed by atoms with van der Waals surface area (Å²) in [6.07, 6.45) is 2.12. The van der Waals surface area contributed by atoms with Crippen LogP contribution in [0.25, 0.3) is 10.9 Å². The summed E-state index contributed by atoms with van der Waals surface area (Å²) in [4.78, 5) is 32.7. The molecule has 10 nitrogen and oxygen atoms in total. The number of ether oxygens (including phenoxy) is 2.